The van der Waals surface area contributed by atoms with E-state index in [9.17, 15) is 5.11 Å². The molecular formula is C12H14BrN3O3. The predicted molar refractivity (Wildman–Crippen MR) is 72.4 cm³/mol. The zero-order valence-electron chi connectivity index (χ0n) is 10.4. The molecule has 0 aliphatic heterocycles. The number of methoxy groups -OCH3 is 1. The smallest absolute Gasteiger partial charge is 0.162 e. The summed E-state index contributed by atoms with van der Waals surface area (Å²) >= 11 is 3.31. The second kappa shape index (κ2) is 6.65. The van der Waals surface area contributed by atoms with Crippen LogP contribution in [0, 0.1) is 0 Å². The molecule has 0 bridgehead atoms. The van der Waals surface area contributed by atoms with E-state index in [-0.39, 0.29) is 6.61 Å². The van der Waals surface area contributed by atoms with Gasteiger partial charge in [-0.15, -0.1) is 0 Å². The van der Waals surface area contributed by atoms with Crippen LogP contribution in [-0.2, 0) is 24.5 Å². The number of pyridine rings is 1. The minimum absolute atomic E-state index is 0.0808. The van der Waals surface area contributed by atoms with Gasteiger partial charge in [-0.25, -0.2) is 4.98 Å². The van der Waals surface area contributed by atoms with E-state index in [4.69, 9.17) is 9.26 Å². The van der Waals surface area contributed by atoms with E-state index in [1.54, 1.807) is 13.3 Å². The Labute approximate surface area is 118 Å². The summed E-state index contributed by atoms with van der Waals surface area (Å²) in [5.74, 6) is 1.30. The predicted octanol–water partition coefficient (Wildman–Crippen LogP) is 2.08. The molecule has 0 unspecified atom stereocenters. The first-order valence-electron chi connectivity index (χ1n) is 5.65. The number of ether oxygens (including phenoxy) is 1. The number of hydrogen-bond donors (Lipinski definition) is 2. The Morgan fingerprint density at radius 1 is 1.47 bits per heavy atom. The molecule has 102 valence electrons. The summed E-state index contributed by atoms with van der Waals surface area (Å²) in [5, 5.41) is 16.3. The van der Waals surface area contributed by atoms with Crippen LogP contribution >= 0.6 is 15.9 Å². The fraction of sp³-hybridized carbons (Fsp3) is 0.333. The monoisotopic (exact) mass is 327 g/mol. The molecule has 0 aliphatic carbocycles. The van der Waals surface area contributed by atoms with Gasteiger partial charge in [0.1, 0.15) is 18.1 Å². The van der Waals surface area contributed by atoms with Crippen molar-refractivity contribution < 1.29 is 14.4 Å². The largest absolute Gasteiger partial charge is 0.392 e. The molecule has 0 fully saturated rings. The van der Waals surface area contributed by atoms with Gasteiger partial charge < -0.3 is 19.7 Å². The molecule has 2 aromatic heterocycles. The van der Waals surface area contributed by atoms with Crippen molar-refractivity contribution in [1.82, 2.24) is 10.1 Å². The summed E-state index contributed by atoms with van der Waals surface area (Å²) in [4.78, 5) is 4.21. The van der Waals surface area contributed by atoms with Gasteiger partial charge in [0.25, 0.3) is 0 Å². The average Bonchev–Trinajstić information content (AvgIpc) is 2.85. The molecule has 6 nitrogen and oxygen atoms in total. The Hall–Kier alpha value is -1.44. The highest BCUT2D eigenvalue weighted by Crippen LogP contribution is 2.18. The normalized spacial score (nSPS) is 10.7. The molecule has 2 rings (SSSR count). The third kappa shape index (κ3) is 3.76. The first kappa shape index (κ1) is 14.0. The standard InChI is InChI=1S/C12H14BrN3O3/c1-18-7-11-3-10(16-19-11)5-15-12-8(6-17)2-9(13)4-14-12/h2-4,17H,5-7H2,1H3,(H,14,15). The van der Waals surface area contributed by atoms with Gasteiger partial charge in [-0.05, 0) is 22.0 Å². The van der Waals surface area contributed by atoms with Gasteiger partial charge in [0, 0.05) is 29.4 Å². The molecule has 0 atom stereocenters. The maximum absolute atomic E-state index is 9.26. The Kier molecular flexibility index (Phi) is 4.89. The van der Waals surface area contributed by atoms with Gasteiger partial charge >= 0.3 is 0 Å². The fourth-order valence-corrected chi connectivity index (χ4v) is 1.96. The molecule has 2 N–H and O–H groups in total. The van der Waals surface area contributed by atoms with E-state index < -0.39 is 0 Å². The summed E-state index contributed by atoms with van der Waals surface area (Å²) < 4.78 is 10.9. The van der Waals surface area contributed by atoms with Gasteiger partial charge in [-0.1, -0.05) is 5.16 Å². The van der Waals surface area contributed by atoms with Crippen molar-refractivity contribution in [3.8, 4) is 0 Å². The number of nitrogens with one attached hydrogen (secondary N) is 1. The molecule has 19 heavy (non-hydrogen) atoms. The Bertz CT molecular complexity index is 545. The van der Waals surface area contributed by atoms with E-state index in [1.165, 1.54) is 0 Å². The van der Waals surface area contributed by atoms with E-state index >= 15 is 0 Å². The number of anilines is 1. The van der Waals surface area contributed by atoms with Crippen LogP contribution in [0.3, 0.4) is 0 Å². The molecule has 0 saturated heterocycles. The molecule has 0 aromatic carbocycles. The van der Waals surface area contributed by atoms with Gasteiger partial charge in [-0.2, -0.15) is 0 Å². The average molecular weight is 328 g/mol. The summed E-state index contributed by atoms with van der Waals surface area (Å²) in [6.45, 7) is 0.781. The highest BCUT2D eigenvalue weighted by molar-refractivity contribution is 9.10. The first-order chi connectivity index (χ1) is 9.22. The van der Waals surface area contributed by atoms with Crippen LogP contribution in [0.15, 0.2) is 27.3 Å². The van der Waals surface area contributed by atoms with Crippen LogP contribution in [0.1, 0.15) is 17.0 Å². The van der Waals surface area contributed by atoms with Crippen LogP contribution in [0.25, 0.3) is 0 Å². The Balaban J connectivity index is 2.01. The van der Waals surface area contributed by atoms with Crippen LogP contribution in [0.4, 0.5) is 5.82 Å². The number of halogens is 1. The lowest BCUT2D eigenvalue weighted by Gasteiger charge is -2.08. The van der Waals surface area contributed by atoms with Crippen LogP contribution in [0.5, 0.6) is 0 Å². The summed E-state index contributed by atoms with van der Waals surface area (Å²) in [7, 11) is 1.60. The maximum Gasteiger partial charge on any atom is 0.162 e. The fourth-order valence-electron chi connectivity index (χ4n) is 1.58. The summed E-state index contributed by atoms with van der Waals surface area (Å²) in [6, 6.07) is 3.63. The van der Waals surface area contributed by atoms with Crippen molar-refractivity contribution in [2.45, 2.75) is 19.8 Å². The number of hydrogen-bond acceptors (Lipinski definition) is 6. The number of nitrogens with zero attached hydrogens (tertiary/aromatic N) is 2. The minimum atomic E-state index is -0.0808. The third-order valence-electron chi connectivity index (χ3n) is 2.43. The van der Waals surface area contributed by atoms with Gasteiger partial charge in [0.2, 0.25) is 0 Å². The van der Waals surface area contributed by atoms with E-state index in [1.807, 2.05) is 12.1 Å². The number of rotatable bonds is 6. The zero-order chi connectivity index (χ0) is 13.7. The van der Waals surface area contributed by atoms with Gasteiger partial charge in [-0.3, -0.25) is 0 Å². The second-order valence-electron chi connectivity index (χ2n) is 3.89. The topological polar surface area (TPSA) is 80.4 Å². The molecule has 0 aliphatic rings. The zero-order valence-corrected chi connectivity index (χ0v) is 12.0. The molecule has 0 radical (unpaired) electrons. The minimum Gasteiger partial charge on any atom is -0.392 e. The molecule has 0 amide bonds. The lowest BCUT2D eigenvalue weighted by molar-refractivity contribution is 0.156. The molecule has 0 saturated carbocycles. The summed E-state index contributed by atoms with van der Waals surface area (Å²) in [5.41, 5.74) is 1.47. The van der Waals surface area contributed by atoms with Crippen molar-refractivity contribution in [2.75, 3.05) is 12.4 Å². The number of aromatic nitrogens is 2. The van der Waals surface area contributed by atoms with Crippen LogP contribution in [0.2, 0.25) is 0 Å². The number of aliphatic hydroxyl groups is 1. The van der Waals surface area contributed by atoms with Gasteiger partial charge in [0.15, 0.2) is 5.76 Å². The quantitative estimate of drug-likeness (QED) is 0.845. The van der Waals surface area contributed by atoms with E-state index in [0.29, 0.717) is 24.7 Å². The second-order valence-corrected chi connectivity index (χ2v) is 4.81. The molecule has 7 heteroatoms. The first-order valence-corrected chi connectivity index (χ1v) is 6.44. The molecular weight excluding hydrogens is 314 g/mol. The Morgan fingerprint density at radius 3 is 3.05 bits per heavy atom. The maximum atomic E-state index is 9.26. The lowest BCUT2D eigenvalue weighted by Crippen LogP contribution is -2.05. The molecule has 2 heterocycles. The third-order valence-corrected chi connectivity index (χ3v) is 2.87. The van der Waals surface area contributed by atoms with Crippen molar-refractivity contribution in [3.63, 3.8) is 0 Å². The van der Waals surface area contributed by atoms with E-state index in [2.05, 4.69) is 31.4 Å². The van der Waals surface area contributed by atoms with Crippen molar-refractivity contribution in [3.05, 3.63) is 39.8 Å². The summed E-state index contributed by atoms with van der Waals surface area (Å²) in [6.07, 6.45) is 1.67. The van der Waals surface area contributed by atoms with Crippen LogP contribution in [-0.4, -0.2) is 22.4 Å². The van der Waals surface area contributed by atoms with Crippen LogP contribution < -0.4 is 5.32 Å². The van der Waals surface area contributed by atoms with Crippen molar-refractivity contribution in [2.24, 2.45) is 0 Å². The van der Waals surface area contributed by atoms with Crippen molar-refractivity contribution >= 4 is 21.7 Å². The van der Waals surface area contributed by atoms with E-state index in [0.717, 1.165) is 15.7 Å². The SMILES string of the molecule is COCc1cc(CNc2ncc(Br)cc2CO)no1. The Morgan fingerprint density at radius 2 is 2.32 bits per heavy atom. The lowest BCUT2D eigenvalue weighted by atomic mass is 10.2. The number of aliphatic hydroxyl groups excluding tert-OH is 1. The highest BCUT2D eigenvalue weighted by Gasteiger charge is 2.07. The van der Waals surface area contributed by atoms with Gasteiger partial charge in [0.05, 0.1) is 13.2 Å². The van der Waals surface area contributed by atoms with Crippen molar-refractivity contribution in [1.29, 1.82) is 0 Å². The molecule has 2 aromatic rings. The highest BCUT2D eigenvalue weighted by atomic mass is 79.9. The molecule has 0 spiro atoms.